The average Bonchev–Trinajstić information content (AvgIpc) is 2.28. The zero-order chi connectivity index (χ0) is 15.3. The van der Waals surface area contributed by atoms with Gasteiger partial charge in [-0.2, -0.15) is 4.31 Å². The number of aromatic carboxylic acids is 1. The number of carboxylic acid groups (broad SMARTS) is 1. The predicted molar refractivity (Wildman–Crippen MR) is 72.8 cm³/mol. The van der Waals surface area contributed by atoms with Gasteiger partial charge < -0.3 is 10.2 Å². The maximum absolute atomic E-state index is 12.3. The molecule has 0 spiro atoms. The molecule has 9 heteroatoms. The summed E-state index contributed by atoms with van der Waals surface area (Å²) in [4.78, 5) is 10.6. The third-order valence-electron chi connectivity index (χ3n) is 2.89. The van der Waals surface area contributed by atoms with Crippen molar-refractivity contribution in [2.75, 3.05) is 13.1 Å². The average molecular weight is 340 g/mol. The minimum atomic E-state index is -3.99. The molecule has 1 aromatic carbocycles. The second kappa shape index (κ2) is 4.85. The van der Waals surface area contributed by atoms with Crippen LogP contribution in [0.3, 0.4) is 0 Å². The van der Waals surface area contributed by atoms with Crippen LogP contribution in [0.25, 0.3) is 0 Å². The van der Waals surface area contributed by atoms with Gasteiger partial charge in [0.05, 0.1) is 16.2 Å². The fourth-order valence-electron chi connectivity index (χ4n) is 1.93. The van der Waals surface area contributed by atoms with Crippen LogP contribution in [0.1, 0.15) is 17.3 Å². The summed E-state index contributed by atoms with van der Waals surface area (Å²) in [7, 11) is -3.99. The molecule has 2 N–H and O–H groups in total. The van der Waals surface area contributed by atoms with Crippen LogP contribution < -0.4 is 0 Å². The lowest BCUT2D eigenvalue weighted by molar-refractivity contribution is -0.0426. The van der Waals surface area contributed by atoms with Gasteiger partial charge in [0, 0.05) is 18.1 Å². The second-order valence-corrected chi connectivity index (χ2v) is 7.56. The summed E-state index contributed by atoms with van der Waals surface area (Å²) in [6.07, 6.45) is 0. The van der Waals surface area contributed by atoms with Crippen LogP contribution in [0.2, 0.25) is 10.0 Å². The van der Waals surface area contributed by atoms with Crippen molar-refractivity contribution in [2.45, 2.75) is 17.4 Å². The number of halogens is 2. The number of carbonyl (C=O) groups is 1. The Hall–Kier alpha value is -0.860. The molecule has 0 atom stereocenters. The fraction of sp³-hybridized carbons (Fsp3) is 0.364. The molecule has 1 aromatic rings. The van der Waals surface area contributed by atoms with E-state index in [1.165, 1.54) is 6.92 Å². The highest BCUT2D eigenvalue weighted by atomic mass is 35.5. The first kappa shape index (κ1) is 15.5. The molecule has 1 heterocycles. The first-order valence-corrected chi connectivity index (χ1v) is 7.69. The van der Waals surface area contributed by atoms with E-state index in [4.69, 9.17) is 28.3 Å². The summed E-state index contributed by atoms with van der Waals surface area (Å²) in [5.74, 6) is -1.37. The number of benzene rings is 1. The highest BCUT2D eigenvalue weighted by molar-refractivity contribution is 7.89. The first-order valence-electron chi connectivity index (χ1n) is 5.49. The Morgan fingerprint density at radius 1 is 1.35 bits per heavy atom. The molecule has 1 fully saturated rings. The van der Waals surface area contributed by atoms with Gasteiger partial charge in [-0.3, -0.25) is 0 Å². The summed E-state index contributed by atoms with van der Waals surface area (Å²) in [6, 6.07) is 2.18. The summed E-state index contributed by atoms with van der Waals surface area (Å²) < 4.78 is 25.7. The van der Waals surface area contributed by atoms with Crippen molar-refractivity contribution >= 4 is 39.2 Å². The van der Waals surface area contributed by atoms with Crippen LogP contribution in [0.15, 0.2) is 17.0 Å². The fourth-order valence-corrected chi connectivity index (χ4v) is 4.48. The van der Waals surface area contributed by atoms with Crippen LogP contribution in [-0.4, -0.2) is 47.6 Å². The predicted octanol–water partition coefficient (Wildman–Crippen LogP) is 1.45. The molecule has 0 aromatic heterocycles. The van der Waals surface area contributed by atoms with Crippen LogP contribution >= 0.6 is 23.2 Å². The van der Waals surface area contributed by atoms with Crippen molar-refractivity contribution in [3.63, 3.8) is 0 Å². The molecular formula is C11H11Cl2NO5S. The van der Waals surface area contributed by atoms with Crippen LogP contribution in [0.5, 0.6) is 0 Å². The van der Waals surface area contributed by atoms with E-state index in [1.807, 2.05) is 0 Å². The third kappa shape index (κ3) is 2.64. The monoisotopic (exact) mass is 339 g/mol. The number of rotatable bonds is 3. The van der Waals surface area contributed by atoms with Gasteiger partial charge in [-0.05, 0) is 19.1 Å². The molecule has 2 rings (SSSR count). The van der Waals surface area contributed by atoms with Crippen molar-refractivity contribution < 1.29 is 23.4 Å². The van der Waals surface area contributed by atoms with Crippen molar-refractivity contribution in [2.24, 2.45) is 0 Å². The zero-order valence-electron chi connectivity index (χ0n) is 10.3. The van der Waals surface area contributed by atoms with E-state index in [0.717, 1.165) is 16.4 Å². The van der Waals surface area contributed by atoms with Crippen molar-refractivity contribution in [3.8, 4) is 0 Å². The van der Waals surface area contributed by atoms with E-state index in [2.05, 4.69) is 0 Å². The summed E-state index contributed by atoms with van der Waals surface area (Å²) >= 11 is 11.6. The topological polar surface area (TPSA) is 94.9 Å². The molecule has 1 aliphatic heterocycles. The number of aliphatic hydroxyl groups is 1. The van der Waals surface area contributed by atoms with Crippen molar-refractivity contribution in [1.29, 1.82) is 0 Å². The Balaban J connectivity index is 2.50. The lowest BCUT2D eigenvalue weighted by Crippen LogP contribution is -2.61. The molecule has 110 valence electrons. The minimum Gasteiger partial charge on any atom is -0.478 e. The maximum atomic E-state index is 12.3. The van der Waals surface area contributed by atoms with Crippen LogP contribution in [-0.2, 0) is 10.0 Å². The third-order valence-corrected chi connectivity index (χ3v) is 5.44. The number of β-amino-alcohol motifs (C(OH)–C–C–N with tert-alkyl or cyclic N) is 1. The number of hydrogen-bond donors (Lipinski definition) is 2. The minimum absolute atomic E-state index is 0.0438. The van der Waals surface area contributed by atoms with Crippen LogP contribution in [0.4, 0.5) is 0 Å². The number of carboxylic acids is 1. The SMILES string of the molecule is CC1(O)CN(S(=O)(=O)c2cc(Cl)cc(C(=O)O)c2Cl)C1. The van der Waals surface area contributed by atoms with E-state index in [0.29, 0.717) is 0 Å². The quantitative estimate of drug-likeness (QED) is 0.868. The Kier molecular flexibility index (Phi) is 3.77. The largest absolute Gasteiger partial charge is 0.478 e. The van der Waals surface area contributed by atoms with E-state index >= 15 is 0 Å². The van der Waals surface area contributed by atoms with Gasteiger partial charge in [0.1, 0.15) is 4.90 Å². The molecule has 0 bridgehead atoms. The Morgan fingerprint density at radius 2 is 1.90 bits per heavy atom. The molecule has 0 amide bonds. The van der Waals surface area contributed by atoms with Crippen LogP contribution in [0, 0.1) is 0 Å². The molecular weight excluding hydrogens is 329 g/mol. The smallest absolute Gasteiger partial charge is 0.337 e. The zero-order valence-corrected chi connectivity index (χ0v) is 12.6. The summed E-state index contributed by atoms with van der Waals surface area (Å²) in [5, 5.41) is 18.1. The lowest BCUT2D eigenvalue weighted by atomic mass is 10.0. The highest BCUT2D eigenvalue weighted by Crippen LogP contribution is 2.34. The maximum Gasteiger partial charge on any atom is 0.337 e. The van der Waals surface area contributed by atoms with Crippen molar-refractivity contribution in [3.05, 3.63) is 27.7 Å². The Bertz CT molecular complexity index is 678. The van der Waals surface area contributed by atoms with Gasteiger partial charge in [0.25, 0.3) is 0 Å². The molecule has 0 aliphatic carbocycles. The molecule has 0 unspecified atom stereocenters. The van der Waals surface area contributed by atoms with Gasteiger partial charge in [0.2, 0.25) is 10.0 Å². The molecule has 6 nitrogen and oxygen atoms in total. The van der Waals surface area contributed by atoms with Gasteiger partial charge in [-0.25, -0.2) is 13.2 Å². The highest BCUT2D eigenvalue weighted by Gasteiger charge is 2.44. The van der Waals surface area contributed by atoms with Gasteiger partial charge in [-0.15, -0.1) is 0 Å². The lowest BCUT2D eigenvalue weighted by Gasteiger charge is -2.42. The molecule has 1 saturated heterocycles. The van der Waals surface area contributed by atoms with E-state index in [1.54, 1.807) is 0 Å². The van der Waals surface area contributed by atoms with E-state index in [-0.39, 0.29) is 28.6 Å². The molecule has 0 radical (unpaired) electrons. The standard InChI is InChI=1S/C11H11Cl2NO5S/c1-11(17)4-14(5-11)20(18,19)8-3-6(12)2-7(9(8)13)10(15)16/h2-3,17H,4-5H2,1H3,(H,15,16). The van der Waals surface area contributed by atoms with Gasteiger partial charge in [-0.1, -0.05) is 23.2 Å². The van der Waals surface area contributed by atoms with Gasteiger partial charge in [0.15, 0.2) is 0 Å². The number of nitrogens with zero attached hydrogens (tertiary/aromatic N) is 1. The molecule has 0 saturated carbocycles. The first-order chi connectivity index (χ1) is 9.04. The number of hydrogen-bond acceptors (Lipinski definition) is 4. The Morgan fingerprint density at radius 3 is 2.35 bits per heavy atom. The number of sulfonamides is 1. The molecule has 1 aliphatic rings. The van der Waals surface area contributed by atoms with E-state index in [9.17, 15) is 18.3 Å². The van der Waals surface area contributed by atoms with Gasteiger partial charge >= 0.3 is 5.97 Å². The van der Waals surface area contributed by atoms with Crippen molar-refractivity contribution in [1.82, 2.24) is 4.31 Å². The Labute approximate surface area is 125 Å². The summed E-state index contributed by atoms with van der Waals surface area (Å²) in [6.45, 7) is 1.34. The normalized spacial score (nSPS) is 18.6. The summed E-state index contributed by atoms with van der Waals surface area (Å²) in [5.41, 5.74) is -1.47. The van der Waals surface area contributed by atoms with E-state index < -0.39 is 26.6 Å². The molecule has 20 heavy (non-hydrogen) atoms. The second-order valence-electron chi connectivity index (χ2n) is 4.84.